The number of nitrogens with zero attached hydrogens (tertiary/aromatic N) is 2. The van der Waals surface area contributed by atoms with E-state index >= 15 is 0 Å². The highest BCUT2D eigenvalue weighted by molar-refractivity contribution is 7.13. The molecule has 0 bridgehead atoms. The summed E-state index contributed by atoms with van der Waals surface area (Å²) in [6.07, 6.45) is 0.594. The molecule has 0 saturated carbocycles. The Morgan fingerprint density at radius 3 is 2.93 bits per heavy atom. The van der Waals surface area contributed by atoms with Gasteiger partial charge >= 0.3 is 0 Å². The molecule has 0 spiro atoms. The second-order valence-corrected chi connectivity index (χ2v) is 5.91. The number of aliphatic hydroxyl groups excluding tert-OH is 1. The fourth-order valence-electron chi connectivity index (χ4n) is 1.96. The van der Waals surface area contributed by atoms with Crippen molar-refractivity contribution in [3.05, 3.63) is 15.5 Å². The molecule has 1 aliphatic rings. The molecular weight excluding hydrogens is 232 g/mol. The van der Waals surface area contributed by atoms with Crippen molar-refractivity contribution >= 4 is 22.9 Å². The Kier molecular flexibility index (Phi) is 3.03. The Balaban J connectivity index is 2.07. The molecule has 1 fully saturated rings. The minimum Gasteiger partial charge on any atom is -0.391 e. The summed E-state index contributed by atoms with van der Waals surface area (Å²) in [5.41, 5.74) is 0.836. The van der Waals surface area contributed by atoms with Gasteiger partial charge in [-0.3, -0.25) is 4.90 Å². The van der Waals surface area contributed by atoms with E-state index in [1.807, 2.05) is 5.38 Å². The Labute approximate surface area is 98.7 Å². The largest absolute Gasteiger partial charge is 0.391 e. The first kappa shape index (κ1) is 11.3. The lowest BCUT2D eigenvalue weighted by Crippen LogP contribution is -2.44. The Hall–Kier alpha value is -0.160. The van der Waals surface area contributed by atoms with Gasteiger partial charge in [0.05, 0.1) is 11.8 Å². The van der Waals surface area contributed by atoms with Crippen LogP contribution in [0, 0.1) is 0 Å². The fraction of sp³-hybridized carbons (Fsp3) is 0.700. The fourth-order valence-corrected chi connectivity index (χ4v) is 2.74. The number of aromatic nitrogens is 1. The molecule has 1 unspecified atom stereocenters. The third-order valence-electron chi connectivity index (χ3n) is 3.18. The molecule has 1 N–H and O–H groups in total. The minimum absolute atomic E-state index is 0.157. The van der Waals surface area contributed by atoms with Gasteiger partial charge in [-0.2, -0.15) is 0 Å². The quantitative estimate of drug-likeness (QED) is 0.869. The summed E-state index contributed by atoms with van der Waals surface area (Å²) in [5, 5.41) is 11.8. The van der Waals surface area contributed by atoms with Crippen LogP contribution in [-0.4, -0.2) is 33.2 Å². The standard InChI is InChI=1S/C10H15ClN2OS/c1-10(2)8(14)3-4-13(10)5-7-6-15-9(11)12-7/h6,8,14H,3-5H2,1-2H3. The zero-order valence-electron chi connectivity index (χ0n) is 8.90. The van der Waals surface area contributed by atoms with Gasteiger partial charge in [0.2, 0.25) is 0 Å². The van der Waals surface area contributed by atoms with E-state index in [0.29, 0.717) is 4.47 Å². The molecule has 1 aliphatic heterocycles. The molecule has 0 radical (unpaired) electrons. The number of thiazole rings is 1. The SMILES string of the molecule is CC1(C)C(O)CCN1Cc1csc(Cl)n1. The van der Waals surface area contributed by atoms with E-state index in [2.05, 4.69) is 23.7 Å². The van der Waals surface area contributed by atoms with Gasteiger partial charge < -0.3 is 5.11 Å². The highest BCUT2D eigenvalue weighted by atomic mass is 35.5. The molecule has 2 rings (SSSR count). The molecule has 1 aromatic rings. The van der Waals surface area contributed by atoms with Gasteiger partial charge in [-0.05, 0) is 20.3 Å². The number of hydrogen-bond donors (Lipinski definition) is 1. The summed E-state index contributed by atoms with van der Waals surface area (Å²) < 4.78 is 0.586. The molecule has 1 atom stereocenters. The van der Waals surface area contributed by atoms with E-state index in [1.165, 1.54) is 11.3 Å². The maximum absolute atomic E-state index is 9.83. The normalized spacial score (nSPS) is 26.0. The van der Waals surface area contributed by atoms with E-state index in [9.17, 15) is 5.11 Å². The van der Waals surface area contributed by atoms with Gasteiger partial charge in [-0.1, -0.05) is 11.6 Å². The Morgan fingerprint density at radius 2 is 2.47 bits per heavy atom. The molecule has 15 heavy (non-hydrogen) atoms. The van der Waals surface area contributed by atoms with E-state index < -0.39 is 0 Å². The van der Waals surface area contributed by atoms with E-state index in [0.717, 1.165) is 25.2 Å². The Morgan fingerprint density at radius 1 is 1.73 bits per heavy atom. The van der Waals surface area contributed by atoms with Crippen molar-refractivity contribution in [1.82, 2.24) is 9.88 Å². The number of aliphatic hydroxyl groups is 1. The maximum atomic E-state index is 9.83. The second-order valence-electron chi connectivity index (χ2n) is 4.47. The molecule has 84 valence electrons. The third-order valence-corrected chi connectivity index (χ3v) is 4.21. The molecular formula is C10H15ClN2OS. The predicted octanol–water partition coefficient (Wildman–Crippen LogP) is 2.14. The van der Waals surface area contributed by atoms with Gasteiger partial charge in [0.15, 0.2) is 4.47 Å². The molecule has 0 aliphatic carbocycles. The van der Waals surface area contributed by atoms with Crippen LogP contribution in [0.2, 0.25) is 4.47 Å². The summed E-state index contributed by atoms with van der Waals surface area (Å²) in [4.78, 5) is 6.48. The first-order chi connectivity index (χ1) is 7.00. The molecule has 0 amide bonds. The van der Waals surface area contributed by atoms with Gasteiger partial charge in [0, 0.05) is 24.0 Å². The van der Waals surface area contributed by atoms with Crippen molar-refractivity contribution in [3.8, 4) is 0 Å². The van der Waals surface area contributed by atoms with Crippen LogP contribution in [0.25, 0.3) is 0 Å². The first-order valence-electron chi connectivity index (χ1n) is 5.03. The summed E-state index contributed by atoms with van der Waals surface area (Å²) in [6, 6.07) is 0. The maximum Gasteiger partial charge on any atom is 0.183 e. The number of likely N-dealkylation sites (tertiary alicyclic amines) is 1. The molecule has 1 aromatic heterocycles. The smallest absolute Gasteiger partial charge is 0.183 e. The van der Waals surface area contributed by atoms with Crippen LogP contribution < -0.4 is 0 Å². The van der Waals surface area contributed by atoms with Crippen LogP contribution in [0.1, 0.15) is 26.0 Å². The minimum atomic E-state index is -0.244. The molecule has 2 heterocycles. The van der Waals surface area contributed by atoms with Gasteiger partial charge in [-0.15, -0.1) is 11.3 Å². The van der Waals surface area contributed by atoms with Crippen LogP contribution >= 0.6 is 22.9 Å². The highest BCUT2D eigenvalue weighted by Gasteiger charge is 2.40. The molecule has 1 saturated heterocycles. The number of halogens is 1. The van der Waals surface area contributed by atoms with Gasteiger partial charge in [0.1, 0.15) is 0 Å². The van der Waals surface area contributed by atoms with E-state index in [1.54, 1.807) is 0 Å². The summed E-state index contributed by atoms with van der Waals surface area (Å²) in [6.45, 7) is 5.83. The highest BCUT2D eigenvalue weighted by Crippen LogP contribution is 2.30. The monoisotopic (exact) mass is 246 g/mol. The van der Waals surface area contributed by atoms with Gasteiger partial charge in [-0.25, -0.2) is 4.98 Å². The summed E-state index contributed by atoms with van der Waals surface area (Å²) in [7, 11) is 0. The van der Waals surface area contributed by atoms with Gasteiger partial charge in [0.25, 0.3) is 0 Å². The molecule has 3 nitrogen and oxygen atoms in total. The van der Waals surface area contributed by atoms with Crippen molar-refractivity contribution in [2.75, 3.05) is 6.54 Å². The van der Waals surface area contributed by atoms with Crippen molar-refractivity contribution in [1.29, 1.82) is 0 Å². The molecule has 0 aromatic carbocycles. The average Bonchev–Trinajstić information content (AvgIpc) is 2.66. The number of hydrogen-bond acceptors (Lipinski definition) is 4. The van der Waals surface area contributed by atoms with E-state index in [-0.39, 0.29) is 11.6 Å². The lowest BCUT2D eigenvalue weighted by atomic mass is 9.99. The van der Waals surface area contributed by atoms with Crippen molar-refractivity contribution in [2.45, 2.75) is 38.5 Å². The van der Waals surface area contributed by atoms with Crippen LogP contribution in [-0.2, 0) is 6.54 Å². The average molecular weight is 247 g/mol. The van der Waals surface area contributed by atoms with Crippen molar-refractivity contribution < 1.29 is 5.11 Å². The topological polar surface area (TPSA) is 36.4 Å². The lowest BCUT2D eigenvalue weighted by molar-refractivity contribution is 0.0501. The van der Waals surface area contributed by atoms with Crippen molar-refractivity contribution in [3.63, 3.8) is 0 Å². The van der Waals surface area contributed by atoms with Crippen LogP contribution in [0.4, 0.5) is 0 Å². The second kappa shape index (κ2) is 4.01. The predicted molar refractivity (Wildman–Crippen MR) is 62.2 cm³/mol. The summed E-state index contributed by atoms with van der Waals surface area (Å²) in [5.74, 6) is 0. The summed E-state index contributed by atoms with van der Waals surface area (Å²) >= 11 is 7.24. The lowest BCUT2D eigenvalue weighted by Gasteiger charge is -2.33. The van der Waals surface area contributed by atoms with Crippen LogP contribution in [0.3, 0.4) is 0 Å². The zero-order chi connectivity index (χ0) is 11.1. The van der Waals surface area contributed by atoms with Crippen LogP contribution in [0.15, 0.2) is 5.38 Å². The Bertz CT molecular complexity index is 353. The first-order valence-corrected chi connectivity index (χ1v) is 6.29. The number of rotatable bonds is 2. The van der Waals surface area contributed by atoms with Crippen molar-refractivity contribution in [2.24, 2.45) is 0 Å². The van der Waals surface area contributed by atoms with Crippen LogP contribution in [0.5, 0.6) is 0 Å². The molecule has 5 heteroatoms. The zero-order valence-corrected chi connectivity index (χ0v) is 10.5. The third kappa shape index (κ3) is 2.18. The van der Waals surface area contributed by atoms with E-state index in [4.69, 9.17) is 11.6 Å².